The Balaban J connectivity index is 2.09. The molecule has 1 N–H and O–H groups in total. The van der Waals surface area contributed by atoms with Crippen LogP contribution in [-0.2, 0) is 16.6 Å². The standard InChI is InChI=1S/C13H24N4O2S/c1-5-17-8-12(6-14-17)20(18,19)15-13-9-16(10(2)3)7-11(13)4/h6,8,10-11,13,15H,5,7,9H2,1-4H3. The molecule has 2 rings (SSSR count). The summed E-state index contributed by atoms with van der Waals surface area (Å²) in [6.07, 6.45) is 2.98. The molecule has 2 heterocycles. The smallest absolute Gasteiger partial charge is 0.243 e. The summed E-state index contributed by atoms with van der Waals surface area (Å²) in [5.74, 6) is 0.313. The van der Waals surface area contributed by atoms with E-state index in [2.05, 4.69) is 35.5 Å². The van der Waals surface area contributed by atoms with E-state index in [4.69, 9.17) is 0 Å². The summed E-state index contributed by atoms with van der Waals surface area (Å²) in [6, 6.07) is 0.405. The highest BCUT2D eigenvalue weighted by Gasteiger charge is 2.34. The number of nitrogens with one attached hydrogen (secondary N) is 1. The van der Waals surface area contributed by atoms with Crippen LogP contribution >= 0.6 is 0 Å². The molecule has 2 atom stereocenters. The van der Waals surface area contributed by atoms with Gasteiger partial charge in [-0.15, -0.1) is 0 Å². The molecule has 0 amide bonds. The third-order valence-corrected chi connectivity index (χ3v) is 5.37. The Labute approximate surface area is 121 Å². The molecule has 1 fully saturated rings. The van der Waals surface area contributed by atoms with Gasteiger partial charge in [-0.1, -0.05) is 6.92 Å². The second-order valence-electron chi connectivity index (χ2n) is 5.78. The van der Waals surface area contributed by atoms with Crippen LogP contribution in [0.4, 0.5) is 0 Å². The maximum atomic E-state index is 12.4. The zero-order valence-electron chi connectivity index (χ0n) is 12.6. The van der Waals surface area contributed by atoms with Crippen molar-refractivity contribution in [2.24, 2.45) is 5.92 Å². The van der Waals surface area contributed by atoms with Gasteiger partial charge in [0.05, 0.1) is 6.20 Å². The summed E-state index contributed by atoms with van der Waals surface area (Å²) in [5, 5.41) is 4.02. The van der Waals surface area contributed by atoms with Gasteiger partial charge < -0.3 is 0 Å². The lowest BCUT2D eigenvalue weighted by Crippen LogP contribution is -2.40. The summed E-state index contributed by atoms with van der Waals surface area (Å²) >= 11 is 0. The number of sulfonamides is 1. The van der Waals surface area contributed by atoms with E-state index in [1.165, 1.54) is 6.20 Å². The fourth-order valence-electron chi connectivity index (χ4n) is 2.50. The van der Waals surface area contributed by atoms with E-state index < -0.39 is 10.0 Å². The number of aromatic nitrogens is 2. The maximum absolute atomic E-state index is 12.4. The first-order chi connectivity index (χ1) is 9.33. The predicted molar refractivity (Wildman–Crippen MR) is 77.9 cm³/mol. The lowest BCUT2D eigenvalue weighted by molar-refractivity contribution is 0.265. The molecule has 0 saturated carbocycles. The minimum Gasteiger partial charge on any atom is -0.299 e. The molecule has 114 valence electrons. The molecule has 20 heavy (non-hydrogen) atoms. The second kappa shape index (κ2) is 5.83. The van der Waals surface area contributed by atoms with Crippen molar-refractivity contribution in [3.8, 4) is 0 Å². The largest absolute Gasteiger partial charge is 0.299 e. The van der Waals surface area contributed by atoms with Gasteiger partial charge in [0.15, 0.2) is 0 Å². The Bertz CT molecular complexity index is 552. The first kappa shape index (κ1) is 15.5. The van der Waals surface area contributed by atoms with Crippen molar-refractivity contribution in [3.05, 3.63) is 12.4 Å². The van der Waals surface area contributed by atoms with Crippen LogP contribution < -0.4 is 4.72 Å². The van der Waals surface area contributed by atoms with E-state index in [1.807, 2.05) is 6.92 Å². The number of aryl methyl sites for hydroxylation is 1. The minimum atomic E-state index is -3.48. The summed E-state index contributed by atoms with van der Waals surface area (Å²) in [5.41, 5.74) is 0. The number of nitrogens with zero attached hydrogens (tertiary/aromatic N) is 3. The van der Waals surface area contributed by atoms with Crippen LogP contribution in [0.1, 0.15) is 27.7 Å². The molecular formula is C13H24N4O2S. The number of likely N-dealkylation sites (tertiary alicyclic amines) is 1. The van der Waals surface area contributed by atoms with Gasteiger partial charge in [-0.05, 0) is 26.7 Å². The molecule has 0 aromatic carbocycles. The van der Waals surface area contributed by atoms with Gasteiger partial charge in [0.2, 0.25) is 10.0 Å². The van der Waals surface area contributed by atoms with E-state index >= 15 is 0 Å². The van der Waals surface area contributed by atoms with Gasteiger partial charge in [0.1, 0.15) is 4.90 Å². The fourth-order valence-corrected chi connectivity index (χ4v) is 3.79. The van der Waals surface area contributed by atoms with Gasteiger partial charge in [-0.2, -0.15) is 5.10 Å². The van der Waals surface area contributed by atoms with E-state index in [9.17, 15) is 8.42 Å². The van der Waals surface area contributed by atoms with Crippen molar-refractivity contribution in [3.63, 3.8) is 0 Å². The van der Waals surface area contributed by atoms with E-state index in [0.717, 1.165) is 13.1 Å². The summed E-state index contributed by atoms with van der Waals surface area (Å²) in [4.78, 5) is 2.54. The molecule has 1 aliphatic rings. The Morgan fingerprint density at radius 3 is 2.65 bits per heavy atom. The molecule has 0 radical (unpaired) electrons. The molecule has 7 heteroatoms. The number of rotatable bonds is 5. The van der Waals surface area contributed by atoms with Crippen molar-refractivity contribution < 1.29 is 8.42 Å². The van der Waals surface area contributed by atoms with Crippen molar-refractivity contribution in [1.29, 1.82) is 0 Å². The Morgan fingerprint density at radius 1 is 1.45 bits per heavy atom. The Morgan fingerprint density at radius 2 is 2.15 bits per heavy atom. The van der Waals surface area contributed by atoms with Crippen molar-refractivity contribution >= 4 is 10.0 Å². The number of hydrogen-bond acceptors (Lipinski definition) is 4. The molecule has 0 aliphatic carbocycles. The molecule has 1 saturated heterocycles. The van der Waals surface area contributed by atoms with Crippen LogP contribution in [-0.4, -0.2) is 48.3 Å². The van der Waals surface area contributed by atoms with Crippen LogP contribution in [0.5, 0.6) is 0 Å². The summed E-state index contributed by atoms with van der Waals surface area (Å²) < 4.78 is 29.2. The lowest BCUT2D eigenvalue weighted by atomic mass is 10.1. The first-order valence-electron chi connectivity index (χ1n) is 7.12. The topological polar surface area (TPSA) is 67.2 Å². The maximum Gasteiger partial charge on any atom is 0.243 e. The average Bonchev–Trinajstić information content (AvgIpc) is 2.97. The van der Waals surface area contributed by atoms with Gasteiger partial charge >= 0.3 is 0 Å². The van der Waals surface area contributed by atoms with Crippen LogP contribution in [0.2, 0.25) is 0 Å². The molecule has 0 bridgehead atoms. The zero-order chi connectivity index (χ0) is 14.9. The highest BCUT2D eigenvalue weighted by Crippen LogP contribution is 2.20. The predicted octanol–water partition coefficient (Wildman–Crippen LogP) is 0.910. The number of hydrogen-bond donors (Lipinski definition) is 1. The SMILES string of the molecule is CCn1cc(S(=O)(=O)NC2CN(C(C)C)CC2C)cn1. The average molecular weight is 300 g/mol. The highest BCUT2D eigenvalue weighted by molar-refractivity contribution is 7.89. The van der Waals surface area contributed by atoms with Crippen LogP contribution in [0.3, 0.4) is 0 Å². The highest BCUT2D eigenvalue weighted by atomic mass is 32.2. The molecule has 1 aromatic rings. The molecular weight excluding hydrogens is 276 g/mol. The zero-order valence-corrected chi connectivity index (χ0v) is 13.4. The monoisotopic (exact) mass is 300 g/mol. The van der Waals surface area contributed by atoms with Gasteiger partial charge in [-0.25, -0.2) is 13.1 Å². The van der Waals surface area contributed by atoms with Crippen molar-refractivity contribution in [2.75, 3.05) is 13.1 Å². The third kappa shape index (κ3) is 3.21. The van der Waals surface area contributed by atoms with Crippen LogP contribution in [0, 0.1) is 5.92 Å². The van der Waals surface area contributed by atoms with Gasteiger partial charge in [-0.3, -0.25) is 9.58 Å². The molecule has 6 nitrogen and oxygen atoms in total. The van der Waals surface area contributed by atoms with E-state index in [0.29, 0.717) is 18.5 Å². The molecule has 2 unspecified atom stereocenters. The third-order valence-electron chi connectivity index (χ3n) is 3.92. The van der Waals surface area contributed by atoms with Crippen molar-refractivity contribution in [1.82, 2.24) is 19.4 Å². The molecule has 0 spiro atoms. The van der Waals surface area contributed by atoms with Crippen LogP contribution in [0.15, 0.2) is 17.3 Å². The summed E-state index contributed by atoms with van der Waals surface area (Å²) in [6.45, 7) is 10.6. The van der Waals surface area contributed by atoms with Crippen molar-refractivity contribution in [2.45, 2.75) is 51.2 Å². The van der Waals surface area contributed by atoms with Gasteiger partial charge in [0.25, 0.3) is 0 Å². The van der Waals surface area contributed by atoms with E-state index in [1.54, 1.807) is 10.9 Å². The molecule has 1 aliphatic heterocycles. The van der Waals surface area contributed by atoms with Crippen LogP contribution in [0.25, 0.3) is 0 Å². The second-order valence-corrected chi connectivity index (χ2v) is 7.50. The minimum absolute atomic E-state index is 0.0348. The Kier molecular flexibility index (Phi) is 4.51. The summed E-state index contributed by atoms with van der Waals surface area (Å²) in [7, 11) is -3.48. The first-order valence-corrected chi connectivity index (χ1v) is 8.60. The fraction of sp³-hybridized carbons (Fsp3) is 0.769. The molecule has 1 aromatic heterocycles. The van der Waals surface area contributed by atoms with E-state index in [-0.39, 0.29) is 10.9 Å². The Hall–Kier alpha value is -0.920. The van der Waals surface area contributed by atoms with Gasteiger partial charge in [0, 0.05) is 37.9 Å². The quantitative estimate of drug-likeness (QED) is 0.878. The normalized spacial score (nSPS) is 24.6. The lowest BCUT2D eigenvalue weighted by Gasteiger charge is -2.20.